The molecule has 0 atom stereocenters. The van der Waals surface area contributed by atoms with Crippen molar-refractivity contribution < 1.29 is 19.0 Å². The first-order chi connectivity index (χ1) is 17.8. The number of ether oxygens (including phenoxy) is 3. The number of carbonyl (C=O) groups is 1. The van der Waals surface area contributed by atoms with Gasteiger partial charge in [-0.15, -0.1) is 0 Å². The summed E-state index contributed by atoms with van der Waals surface area (Å²) in [5, 5.41) is 9.46. The molecule has 2 aliphatic heterocycles. The lowest BCUT2D eigenvalue weighted by atomic mass is 10.2. The topological polar surface area (TPSA) is 126 Å². The quantitative estimate of drug-likeness (QED) is 0.322. The van der Waals surface area contributed by atoms with E-state index < -0.39 is 0 Å². The van der Waals surface area contributed by atoms with Crippen molar-refractivity contribution in [2.75, 3.05) is 107 Å². The molecular formula is C24H36N8O4. The van der Waals surface area contributed by atoms with Gasteiger partial charge >= 0.3 is 0 Å². The Morgan fingerprint density at radius 3 is 2.19 bits per heavy atom. The van der Waals surface area contributed by atoms with E-state index in [2.05, 4.69) is 35.7 Å². The van der Waals surface area contributed by atoms with Crippen molar-refractivity contribution in [2.24, 2.45) is 0 Å². The third kappa shape index (κ3) is 8.26. The molecule has 12 heteroatoms. The molecule has 2 aromatic rings. The number of morpholine rings is 1. The SMILES string of the molecule is O=C(NCCOCCOCCNc1nc(N2CCNCC2)nc(N2CCOCC2)n1)c1ccccc1. The first kappa shape index (κ1) is 26.0. The fraction of sp³-hybridized carbons (Fsp3) is 0.583. The van der Waals surface area contributed by atoms with Crippen LogP contribution in [-0.4, -0.2) is 113 Å². The van der Waals surface area contributed by atoms with Crippen LogP contribution in [0.1, 0.15) is 10.4 Å². The number of carbonyl (C=O) groups excluding carboxylic acids is 1. The highest BCUT2D eigenvalue weighted by Crippen LogP contribution is 2.18. The maximum Gasteiger partial charge on any atom is 0.251 e. The lowest BCUT2D eigenvalue weighted by Crippen LogP contribution is -2.45. The Bertz CT molecular complexity index is 887. The normalized spacial score (nSPS) is 16.1. The number of hydrogen-bond acceptors (Lipinski definition) is 11. The fourth-order valence-corrected chi connectivity index (χ4v) is 3.83. The van der Waals surface area contributed by atoms with Crippen LogP contribution in [0, 0.1) is 0 Å². The minimum atomic E-state index is -0.100. The third-order valence-corrected chi connectivity index (χ3v) is 5.78. The largest absolute Gasteiger partial charge is 0.378 e. The van der Waals surface area contributed by atoms with Gasteiger partial charge in [0.05, 0.1) is 39.6 Å². The van der Waals surface area contributed by atoms with Crippen molar-refractivity contribution >= 4 is 23.8 Å². The Morgan fingerprint density at radius 1 is 0.861 bits per heavy atom. The number of hydrogen-bond donors (Lipinski definition) is 3. The minimum Gasteiger partial charge on any atom is -0.378 e. The second-order valence-corrected chi connectivity index (χ2v) is 8.37. The average Bonchev–Trinajstić information content (AvgIpc) is 2.95. The molecule has 0 saturated carbocycles. The zero-order chi connectivity index (χ0) is 24.8. The summed E-state index contributed by atoms with van der Waals surface area (Å²) in [5.41, 5.74) is 0.642. The Hall–Kier alpha value is -3.06. The molecule has 36 heavy (non-hydrogen) atoms. The summed E-state index contributed by atoms with van der Waals surface area (Å²) in [6.45, 7) is 9.32. The van der Waals surface area contributed by atoms with E-state index in [4.69, 9.17) is 19.2 Å². The number of benzene rings is 1. The van der Waals surface area contributed by atoms with Gasteiger partial charge in [-0.25, -0.2) is 0 Å². The van der Waals surface area contributed by atoms with Crippen LogP contribution in [0.2, 0.25) is 0 Å². The molecule has 1 aromatic carbocycles. The standard InChI is InChI=1S/C24H36N8O4/c33-21(20-4-2-1-3-5-20)26-8-14-34-18-19-35-15-9-27-22-28-23(31-10-6-25-7-11-31)30-24(29-22)32-12-16-36-17-13-32/h1-5,25H,6-19H2,(H,26,33)(H,27,28,29,30). The molecule has 2 aliphatic rings. The summed E-state index contributed by atoms with van der Waals surface area (Å²) in [6.07, 6.45) is 0. The summed E-state index contributed by atoms with van der Waals surface area (Å²) in [5.74, 6) is 1.83. The molecule has 2 saturated heterocycles. The Balaban J connectivity index is 1.13. The Labute approximate surface area is 211 Å². The van der Waals surface area contributed by atoms with Gasteiger partial charge in [-0.3, -0.25) is 4.79 Å². The molecular weight excluding hydrogens is 464 g/mol. The molecule has 1 aromatic heterocycles. The van der Waals surface area contributed by atoms with Crippen LogP contribution in [0.25, 0.3) is 0 Å². The van der Waals surface area contributed by atoms with E-state index in [9.17, 15) is 4.79 Å². The summed E-state index contributed by atoms with van der Waals surface area (Å²) >= 11 is 0. The van der Waals surface area contributed by atoms with Crippen molar-refractivity contribution in [3.63, 3.8) is 0 Å². The number of rotatable bonds is 13. The predicted octanol–water partition coefficient (Wildman–Crippen LogP) is -0.00710. The zero-order valence-corrected chi connectivity index (χ0v) is 20.7. The number of amides is 1. The Morgan fingerprint density at radius 2 is 1.50 bits per heavy atom. The van der Waals surface area contributed by atoms with Crippen LogP contribution >= 0.6 is 0 Å². The van der Waals surface area contributed by atoms with Crippen LogP contribution in [0.3, 0.4) is 0 Å². The first-order valence-electron chi connectivity index (χ1n) is 12.6. The summed E-state index contributed by atoms with van der Waals surface area (Å²) < 4.78 is 16.7. The van der Waals surface area contributed by atoms with Crippen molar-refractivity contribution in [1.82, 2.24) is 25.6 Å². The van der Waals surface area contributed by atoms with Gasteiger partial charge < -0.3 is 40.0 Å². The average molecular weight is 501 g/mol. The lowest BCUT2D eigenvalue weighted by Gasteiger charge is -2.30. The number of nitrogens with zero attached hydrogens (tertiary/aromatic N) is 5. The fourth-order valence-electron chi connectivity index (χ4n) is 3.83. The number of aromatic nitrogens is 3. The van der Waals surface area contributed by atoms with Crippen LogP contribution in [0.5, 0.6) is 0 Å². The van der Waals surface area contributed by atoms with Crippen molar-refractivity contribution in [3.05, 3.63) is 35.9 Å². The van der Waals surface area contributed by atoms with E-state index in [1.165, 1.54) is 0 Å². The molecule has 1 amide bonds. The maximum atomic E-state index is 12.0. The molecule has 0 bridgehead atoms. The van der Waals surface area contributed by atoms with E-state index in [-0.39, 0.29) is 5.91 Å². The van der Waals surface area contributed by atoms with Crippen LogP contribution in [0.4, 0.5) is 17.8 Å². The number of anilines is 3. The predicted molar refractivity (Wildman–Crippen MR) is 137 cm³/mol. The van der Waals surface area contributed by atoms with Gasteiger partial charge in [0.2, 0.25) is 17.8 Å². The minimum absolute atomic E-state index is 0.100. The van der Waals surface area contributed by atoms with E-state index in [0.717, 1.165) is 39.3 Å². The molecule has 3 heterocycles. The summed E-state index contributed by atoms with van der Waals surface area (Å²) in [4.78, 5) is 30.3. The van der Waals surface area contributed by atoms with E-state index >= 15 is 0 Å². The molecule has 2 fully saturated rings. The first-order valence-corrected chi connectivity index (χ1v) is 12.6. The van der Waals surface area contributed by atoms with E-state index in [0.29, 0.717) is 76.1 Å². The van der Waals surface area contributed by atoms with Crippen LogP contribution in [0.15, 0.2) is 30.3 Å². The third-order valence-electron chi connectivity index (χ3n) is 5.78. The van der Waals surface area contributed by atoms with Gasteiger partial charge in [0.15, 0.2) is 0 Å². The van der Waals surface area contributed by atoms with Crippen LogP contribution in [-0.2, 0) is 14.2 Å². The van der Waals surface area contributed by atoms with Gasteiger partial charge in [-0.05, 0) is 12.1 Å². The monoisotopic (exact) mass is 500 g/mol. The van der Waals surface area contributed by atoms with Crippen molar-refractivity contribution in [3.8, 4) is 0 Å². The Kier molecular flexibility index (Phi) is 10.5. The van der Waals surface area contributed by atoms with E-state index in [1.807, 2.05) is 18.2 Å². The second kappa shape index (κ2) is 14.5. The van der Waals surface area contributed by atoms with Gasteiger partial charge in [0.1, 0.15) is 0 Å². The van der Waals surface area contributed by atoms with Gasteiger partial charge in [-0.1, -0.05) is 18.2 Å². The smallest absolute Gasteiger partial charge is 0.251 e. The molecule has 0 radical (unpaired) electrons. The van der Waals surface area contributed by atoms with Crippen LogP contribution < -0.4 is 25.8 Å². The summed E-state index contributed by atoms with van der Waals surface area (Å²) in [6, 6.07) is 9.13. The van der Waals surface area contributed by atoms with Gasteiger partial charge in [-0.2, -0.15) is 15.0 Å². The highest BCUT2D eigenvalue weighted by Gasteiger charge is 2.20. The molecule has 196 valence electrons. The second-order valence-electron chi connectivity index (χ2n) is 8.37. The molecule has 0 unspecified atom stereocenters. The molecule has 4 rings (SSSR count). The maximum absolute atomic E-state index is 12.0. The summed E-state index contributed by atoms with van der Waals surface area (Å²) in [7, 11) is 0. The van der Waals surface area contributed by atoms with Crippen molar-refractivity contribution in [1.29, 1.82) is 0 Å². The zero-order valence-electron chi connectivity index (χ0n) is 20.7. The highest BCUT2D eigenvalue weighted by atomic mass is 16.5. The lowest BCUT2D eigenvalue weighted by molar-refractivity contribution is 0.0519. The van der Waals surface area contributed by atoms with Gasteiger partial charge in [0, 0.05) is 57.9 Å². The van der Waals surface area contributed by atoms with Gasteiger partial charge in [0.25, 0.3) is 5.91 Å². The molecule has 0 aliphatic carbocycles. The number of piperazine rings is 1. The molecule has 12 nitrogen and oxygen atoms in total. The highest BCUT2D eigenvalue weighted by molar-refractivity contribution is 5.94. The molecule has 3 N–H and O–H groups in total. The van der Waals surface area contributed by atoms with E-state index in [1.54, 1.807) is 12.1 Å². The number of nitrogens with one attached hydrogen (secondary N) is 3. The van der Waals surface area contributed by atoms with Crippen molar-refractivity contribution in [2.45, 2.75) is 0 Å². The molecule has 0 spiro atoms.